The van der Waals surface area contributed by atoms with Crippen LogP contribution in [-0.2, 0) is 0 Å². The molecule has 0 saturated heterocycles. The highest BCUT2D eigenvalue weighted by Crippen LogP contribution is 2.10. The summed E-state index contributed by atoms with van der Waals surface area (Å²) >= 11 is 3.31. The second-order valence-corrected chi connectivity index (χ2v) is 5.47. The molecule has 0 aliphatic rings. The fourth-order valence-electron chi connectivity index (χ4n) is 1.66. The van der Waals surface area contributed by atoms with Crippen LogP contribution in [-0.4, -0.2) is 11.6 Å². The fraction of sp³-hybridized carbons (Fsp3) is 0.0588. The Kier molecular flexibility index (Phi) is 5.61. The van der Waals surface area contributed by atoms with Gasteiger partial charge in [0.2, 0.25) is 0 Å². The molecule has 22 heavy (non-hydrogen) atoms. The first-order valence-electron chi connectivity index (χ1n) is 6.59. The van der Waals surface area contributed by atoms with E-state index in [0.29, 0.717) is 16.8 Å². The van der Waals surface area contributed by atoms with Crippen molar-refractivity contribution in [2.45, 2.75) is 6.92 Å². The van der Waals surface area contributed by atoms with Gasteiger partial charge in [0.25, 0.3) is 5.91 Å². The van der Waals surface area contributed by atoms with Crippen molar-refractivity contribution in [3.63, 3.8) is 0 Å². The third-order valence-corrected chi connectivity index (χ3v) is 3.38. The van der Waals surface area contributed by atoms with E-state index in [1.807, 2.05) is 0 Å². The van der Waals surface area contributed by atoms with E-state index in [-0.39, 0.29) is 11.7 Å². The van der Waals surface area contributed by atoms with Gasteiger partial charge >= 0.3 is 0 Å². The normalized spacial score (nSPS) is 11.7. The molecule has 0 atom stereocenters. The number of allylic oxidation sites excluding steroid dienone is 1. The maximum absolute atomic E-state index is 13.4. The minimum absolute atomic E-state index is 0.300. The summed E-state index contributed by atoms with van der Waals surface area (Å²) in [6.45, 7) is 1.72. The lowest BCUT2D eigenvalue weighted by molar-refractivity contribution is 0.0955. The SMILES string of the molecule is CC(/C=C/c1ccccc1F)=N/NC(=O)c1ccc(Br)cc1. The van der Waals surface area contributed by atoms with Crippen molar-refractivity contribution >= 4 is 33.6 Å². The molecule has 0 heterocycles. The quantitative estimate of drug-likeness (QED) is 0.636. The topological polar surface area (TPSA) is 41.5 Å². The summed E-state index contributed by atoms with van der Waals surface area (Å²) in [5.41, 5.74) is 4.00. The van der Waals surface area contributed by atoms with Crippen molar-refractivity contribution in [1.29, 1.82) is 0 Å². The molecule has 5 heteroatoms. The number of nitrogens with zero attached hydrogens (tertiary/aromatic N) is 1. The molecule has 3 nitrogen and oxygen atoms in total. The molecule has 0 saturated carbocycles. The molecule has 1 amide bonds. The molecule has 0 bridgehead atoms. The lowest BCUT2D eigenvalue weighted by atomic mass is 10.2. The van der Waals surface area contributed by atoms with E-state index in [2.05, 4.69) is 26.5 Å². The van der Waals surface area contributed by atoms with Gasteiger partial charge < -0.3 is 0 Å². The maximum atomic E-state index is 13.4. The lowest BCUT2D eigenvalue weighted by Gasteiger charge is -2.01. The van der Waals surface area contributed by atoms with Gasteiger partial charge in [0, 0.05) is 15.6 Å². The van der Waals surface area contributed by atoms with E-state index in [1.54, 1.807) is 61.5 Å². The Morgan fingerprint density at radius 2 is 1.86 bits per heavy atom. The molecule has 0 aliphatic carbocycles. The molecule has 0 spiro atoms. The lowest BCUT2D eigenvalue weighted by Crippen LogP contribution is -2.18. The van der Waals surface area contributed by atoms with Gasteiger partial charge in [-0.1, -0.05) is 40.2 Å². The number of rotatable bonds is 4. The molecule has 2 aromatic rings. The molecule has 2 rings (SSSR count). The third kappa shape index (κ3) is 4.63. The largest absolute Gasteiger partial charge is 0.271 e. The number of hydrogen-bond acceptors (Lipinski definition) is 2. The van der Waals surface area contributed by atoms with Gasteiger partial charge in [-0.05, 0) is 43.3 Å². The summed E-state index contributed by atoms with van der Waals surface area (Å²) in [7, 11) is 0. The van der Waals surface area contributed by atoms with Gasteiger partial charge in [0.15, 0.2) is 0 Å². The second kappa shape index (κ2) is 7.66. The zero-order valence-corrected chi connectivity index (χ0v) is 13.5. The van der Waals surface area contributed by atoms with Gasteiger partial charge in [-0.2, -0.15) is 5.10 Å². The van der Waals surface area contributed by atoms with Crippen molar-refractivity contribution in [3.8, 4) is 0 Å². The molecule has 0 fully saturated rings. The second-order valence-electron chi connectivity index (χ2n) is 4.56. The summed E-state index contributed by atoms with van der Waals surface area (Å²) in [5, 5.41) is 3.96. The van der Waals surface area contributed by atoms with Crippen LogP contribution in [0.5, 0.6) is 0 Å². The summed E-state index contributed by atoms with van der Waals surface area (Å²) < 4.78 is 14.3. The molecule has 1 N–H and O–H groups in total. The number of benzene rings is 2. The van der Waals surface area contributed by atoms with Crippen molar-refractivity contribution < 1.29 is 9.18 Å². The minimum Gasteiger partial charge on any atom is -0.267 e. The Hall–Kier alpha value is -2.27. The molecule has 0 aliphatic heterocycles. The molecule has 0 aromatic heterocycles. The van der Waals surface area contributed by atoms with Crippen LogP contribution in [0.25, 0.3) is 6.08 Å². The number of nitrogens with one attached hydrogen (secondary N) is 1. The van der Waals surface area contributed by atoms with Crippen molar-refractivity contribution in [2.24, 2.45) is 5.10 Å². The zero-order chi connectivity index (χ0) is 15.9. The molecular formula is C17H14BrFN2O. The monoisotopic (exact) mass is 360 g/mol. The summed E-state index contributed by atoms with van der Waals surface area (Å²) in [6, 6.07) is 13.4. The Morgan fingerprint density at radius 1 is 1.18 bits per heavy atom. The Bertz CT molecular complexity index is 724. The summed E-state index contributed by atoms with van der Waals surface area (Å²) in [6.07, 6.45) is 3.25. The third-order valence-electron chi connectivity index (χ3n) is 2.85. The first-order valence-corrected chi connectivity index (χ1v) is 7.38. The van der Waals surface area contributed by atoms with Crippen molar-refractivity contribution in [3.05, 3.63) is 76.0 Å². The van der Waals surface area contributed by atoms with Crippen molar-refractivity contribution in [1.82, 2.24) is 5.43 Å². The first kappa shape index (κ1) is 16.1. The smallest absolute Gasteiger partial charge is 0.267 e. The molecule has 112 valence electrons. The van der Waals surface area contributed by atoms with Gasteiger partial charge in [-0.3, -0.25) is 4.79 Å². The van der Waals surface area contributed by atoms with E-state index in [1.165, 1.54) is 6.07 Å². The zero-order valence-electron chi connectivity index (χ0n) is 11.9. The van der Waals surface area contributed by atoms with Crippen LogP contribution in [0.15, 0.2) is 64.2 Å². The highest BCUT2D eigenvalue weighted by Gasteiger charge is 2.03. The molecule has 0 radical (unpaired) electrons. The first-order chi connectivity index (χ1) is 10.6. The highest BCUT2D eigenvalue weighted by molar-refractivity contribution is 9.10. The van der Waals surface area contributed by atoms with E-state index in [4.69, 9.17) is 0 Å². The van der Waals surface area contributed by atoms with Crippen LogP contribution in [0.2, 0.25) is 0 Å². The Balaban J connectivity index is 1.99. The summed E-state index contributed by atoms with van der Waals surface area (Å²) in [4.78, 5) is 11.9. The van der Waals surface area contributed by atoms with Gasteiger partial charge in [-0.25, -0.2) is 9.82 Å². The average Bonchev–Trinajstić information content (AvgIpc) is 2.52. The van der Waals surface area contributed by atoms with Crippen LogP contribution in [0.4, 0.5) is 4.39 Å². The fourth-order valence-corrected chi connectivity index (χ4v) is 1.93. The molecular weight excluding hydrogens is 347 g/mol. The van der Waals surface area contributed by atoms with Gasteiger partial charge in [0.05, 0.1) is 5.71 Å². The number of halogens is 2. The average molecular weight is 361 g/mol. The Morgan fingerprint density at radius 3 is 2.55 bits per heavy atom. The van der Waals surface area contributed by atoms with E-state index >= 15 is 0 Å². The number of hydrogen-bond donors (Lipinski definition) is 1. The predicted molar refractivity (Wildman–Crippen MR) is 90.2 cm³/mol. The predicted octanol–water partition coefficient (Wildman–Crippen LogP) is 4.41. The minimum atomic E-state index is -0.301. The number of carbonyl (C=O) groups is 1. The standard InChI is InChI=1S/C17H14BrFN2O/c1-12(6-7-13-4-2-3-5-16(13)19)20-21-17(22)14-8-10-15(18)11-9-14/h2-11H,1H3,(H,21,22)/b7-6+,20-12-. The molecule has 2 aromatic carbocycles. The van der Waals surface area contributed by atoms with Crippen LogP contribution in [0.3, 0.4) is 0 Å². The number of amides is 1. The van der Waals surface area contributed by atoms with Crippen LogP contribution >= 0.6 is 15.9 Å². The number of hydrazone groups is 1. The van der Waals surface area contributed by atoms with Crippen molar-refractivity contribution in [2.75, 3.05) is 0 Å². The van der Waals surface area contributed by atoms with E-state index in [0.717, 1.165) is 4.47 Å². The summed E-state index contributed by atoms with van der Waals surface area (Å²) in [5.74, 6) is -0.600. The Labute approximate surface area is 136 Å². The maximum Gasteiger partial charge on any atom is 0.271 e. The highest BCUT2D eigenvalue weighted by atomic mass is 79.9. The van der Waals surface area contributed by atoms with E-state index < -0.39 is 0 Å². The van der Waals surface area contributed by atoms with Crippen LogP contribution in [0.1, 0.15) is 22.8 Å². The van der Waals surface area contributed by atoms with Gasteiger partial charge in [0.1, 0.15) is 5.82 Å². The van der Waals surface area contributed by atoms with Crippen LogP contribution in [0, 0.1) is 5.82 Å². The molecule has 0 unspecified atom stereocenters. The van der Waals surface area contributed by atoms with Gasteiger partial charge in [-0.15, -0.1) is 0 Å². The van der Waals surface area contributed by atoms with Crippen LogP contribution < -0.4 is 5.43 Å². The van der Waals surface area contributed by atoms with E-state index in [9.17, 15) is 9.18 Å². The number of carbonyl (C=O) groups excluding carboxylic acids is 1.